The number of carbonyl (C=O) groups is 1. The van der Waals surface area contributed by atoms with Crippen molar-refractivity contribution in [1.29, 1.82) is 0 Å². The molecule has 0 aromatic heterocycles. The summed E-state index contributed by atoms with van der Waals surface area (Å²) >= 11 is 0. The number of nitrogens with one attached hydrogen (secondary N) is 1. The van der Waals surface area contributed by atoms with Crippen LogP contribution in [0.4, 0.5) is 0 Å². The second-order valence-corrected chi connectivity index (χ2v) is 6.61. The van der Waals surface area contributed by atoms with E-state index < -0.39 is 0 Å². The third kappa shape index (κ3) is 2.33. The van der Waals surface area contributed by atoms with Gasteiger partial charge in [-0.2, -0.15) is 0 Å². The van der Waals surface area contributed by atoms with E-state index in [0.717, 1.165) is 49.7 Å². The molecule has 22 heavy (non-hydrogen) atoms. The van der Waals surface area contributed by atoms with Gasteiger partial charge in [0.2, 0.25) is 5.91 Å². The molecule has 3 aliphatic heterocycles. The molecule has 1 unspecified atom stereocenters. The van der Waals surface area contributed by atoms with Crippen molar-refractivity contribution in [1.82, 2.24) is 10.2 Å². The predicted molar refractivity (Wildman–Crippen MR) is 82.1 cm³/mol. The van der Waals surface area contributed by atoms with E-state index in [1.165, 1.54) is 0 Å². The smallest absolute Gasteiger partial charge is 0.229 e. The minimum atomic E-state index is -0.0635. The van der Waals surface area contributed by atoms with Gasteiger partial charge in [-0.3, -0.25) is 4.79 Å². The van der Waals surface area contributed by atoms with E-state index in [1.807, 2.05) is 18.2 Å². The molecule has 1 aromatic carbocycles. The highest BCUT2D eigenvalue weighted by atomic mass is 16.5. The van der Waals surface area contributed by atoms with Crippen molar-refractivity contribution >= 4 is 5.91 Å². The van der Waals surface area contributed by atoms with Gasteiger partial charge in [-0.25, -0.2) is 0 Å². The van der Waals surface area contributed by atoms with Gasteiger partial charge in [0, 0.05) is 26.2 Å². The number of ether oxygens (including phenoxy) is 2. The number of benzene rings is 1. The Balaban J connectivity index is 1.46. The van der Waals surface area contributed by atoms with Gasteiger partial charge in [0.05, 0.1) is 13.0 Å². The highest BCUT2D eigenvalue weighted by Gasteiger charge is 2.40. The SMILES string of the molecule is COc1ccc2c(c1)CC(C(=O)N1C[C@H]3CNC[C@H]3C1)CO2. The van der Waals surface area contributed by atoms with Crippen LogP contribution in [0.3, 0.4) is 0 Å². The van der Waals surface area contributed by atoms with Crippen molar-refractivity contribution in [3.05, 3.63) is 23.8 Å². The number of hydrogen-bond acceptors (Lipinski definition) is 4. The van der Waals surface area contributed by atoms with Crippen LogP contribution in [0.5, 0.6) is 11.5 Å². The summed E-state index contributed by atoms with van der Waals surface area (Å²) < 4.78 is 11.1. The molecule has 5 heteroatoms. The molecule has 118 valence electrons. The number of amides is 1. The maximum atomic E-state index is 12.8. The molecule has 0 radical (unpaired) electrons. The summed E-state index contributed by atoms with van der Waals surface area (Å²) in [5, 5.41) is 3.41. The number of fused-ring (bicyclic) bond motifs is 2. The minimum absolute atomic E-state index is 0.0635. The van der Waals surface area contributed by atoms with Gasteiger partial charge in [0.15, 0.2) is 0 Å². The second-order valence-electron chi connectivity index (χ2n) is 6.61. The predicted octanol–water partition coefficient (Wildman–Crippen LogP) is 0.924. The Hall–Kier alpha value is -1.75. The molecule has 4 rings (SSSR count). The highest BCUT2D eigenvalue weighted by Crippen LogP contribution is 2.33. The summed E-state index contributed by atoms with van der Waals surface area (Å²) in [7, 11) is 1.66. The van der Waals surface area contributed by atoms with Crippen LogP contribution >= 0.6 is 0 Å². The normalized spacial score (nSPS) is 29.7. The summed E-state index contributed by atoms with van der Waals surface area (Å²) in [6.45, 7) is 4.39. The summed E-state index contributed by atoms with van der Waals surface area (Å²) in [6.07, 6.45) is 0.745. The molecule has 0 aliphatic carbocycles. The lowest BCUT2D eigenvalue weighted by Crippen LogP contribution is -2.40. The van der Waals surface area contributed by atoms with Crippen molar-refractivity contribution < 1.29 is 14.3 Å². The zero-order valence-electron chi connectivity index (χ0n) is 12.9. The van der Waals surface area contributed by atoms with Crippen LogP contribution in [0.15, 0.2) is 18.2 Å². The average Bonchev–Trinajstić information content (AvgIpc) is 3.14. The van der Waals surface area contributed by atoms with Crippen LogP contribution in [0.1, 0.15) is 5.56 Å². The number of carbonyl (C=O) groups excluding carboxylic acids is 1. The average molecular weight is 302 g/mol. The van der Waals surface area contributed by atoms with E-state index in [0.29, 0.717) is 18.4 Å². The highest BCUT2D eigenvalue weighted by molar-refractivity contribution is 5.80. The van der Waals surface area contributed by atoms with Crippen molar-refractivity contribution in [2.24, 2.45) is 17.8 Å². The topological polar surface area (TPSA) is 50.8 Å². The number of nitrogens with zero attached hydrogens (tertiary/aromatic N) is 1. The number of rotatable bonds is 2. The van der Waals surface area contributed by atoms with Crippen molar-refractivity contribution in [3.8, 4) is 11.5 Å². The summed E-state index contributed by atoms with van der Waals surface area (Å²) in [6, 6.07) is 5.81. The largest absolute Gasteiger partial charge is 0.497 e. The van der Waals surface area contributed by atoms with Crippen LogP contribution in [0.2, 0.25) is 0 Å². The Morgan fingerprint density at radius 3 is 2.82 bits per heavy atom. The molecule has 2 fully saturated rings. The summed E-state index contributed by atoms with van der Waals surface area (Å²) in [4.78, 5) is 14.8. The van der Waals surface area contributed by atoms with Gasteiger partial charge in [0.25, 0.3) is 0 Å². The zero-order chi connectivity index (χ0) is 15.1. The summed E-state index contributed by atoms with van der Waals surface area (Å²) in [5.74, 6) is 3.17. The standard InChI is InChI=1S/C17H22N2O3/c1-21-15-2-3-16-11(5-15)4-12(10-22-16)17(20)19-8-13-6-18-7-14(13)9-19/h2-3,5,12-14,18H,4,6-10H2,1H3/t12?,13-,14+. The summed E-state index contributed by atoms with van der Waals surface area (Å²) in [5.41, 5.74) is 1.07. The van der Waals surface area contributed by atoms with Crippen LogP contribution in [0.25, 0.3) is 0 Å². The molecule has 0 spiro atoms. The molecular weight excluding hydrogens is 280 g/mol. The molecule has 3 heterocycles. The van der Waals surface area contributed by atoms with Crippen LogP contribution in [-0.2, 0) is 11.2 Å². The van der Waals surface area contributed by atoms with Crippen molar-refractivity contribution in [2.75, 3.05) is 39.9 Å². The molecule has 3 atom stereocenters. The monoisotopic (exact) mass is 302 g/mol. The molecule has 1 aromatic rings. The Kier molecular flexibility index (Phi) is 3.45. The fraction of sp³-hybridized carbons (Fsp3) is 0.588. The lowest BCUT2D eigenvalue weighted by atomic mass is 9.95. The molecule has 0 saturated carbocycles. The lowest BCUT2D eigenvalue weighted by molar-refractivity contribution is -0.136. The molecule has 0 bridgehead atoms. The fourth-order valence-corrected chi connectivity index (χ4v) is 3.95. The van der Waals surface area contributed by atoms with E-state index in [1.54, 1.807) is 7.11 Å². The van der Waals surface area contributed by atoms with Gasteiger partial charge in [-0.1, -0.05) is 0 Å². The van der Waals surface area contributed by atoms with Gasteiger partial charge in [0.1, 0.15) is 18.1 Å². The Labute approximate surface area is 130 Å². The van der Waals surface area contributed by atoms with E-state index in [9.17, 15) is 4.79 Å². The molecular formula is C17H22N2O3. The quantitative estimate of drug-likeness (QED) is 0.883. The first-order valence-corrected chi connectivity index (χ1v) is 8.04. The van der Waals surface area contributed by atoms with Crippen LogP contribution in [0, 0.1) is 17.8 Å². The molecule has 1 amide bonds. The van der Waals surface area contributed by atoms with Gasteiger partial charge < -0.3 is 19.7 Å². The van der Waals surface area contributed by atoms with Crippen LogP contribution in [-0.4, -0.2) is 50.7 Å². The van der Waals surface area contributed by atoms with Gasteiger partial charge >= 0.3 is 0 Å². The number of likely N-dealkylation sites (tertiary alicyclic amines) is 1. The second kappa shape index (κ2) is 5.47. The minimum Gasteiger partial charge on any atom is -0.497 e. The Morgan fingerprint density at radius 1 is 1.32 bits per heavy atom. The first-order chi connectivity index (χ1) is 10.7. The van der Waals surface area contributed by atoms with E-state index in [-0.39, 0.29) is 11.8 Å². The lowest BCUT2D eigenvalue weighted by Gasteiger charge is -2.28. The molecule has 2 saturated heterocycles. The van der Waals surface area contributed by atoms with Gasteiger partial charge in [-0.05, 0) is 42.0 Å². The maximum absolute atomic E-state index is 12.8. The Morgan fingerprint density at radius 2 is 2.09 bits per heavy atom. The van der Waals surface area contributed by atoms with Crippen LogP contribution < -0.4 is 14.8 Å². The van der Waals surface area contributed by atoms with E-state index >= 15 is 0 Å². The van der Waals surface area contributed by atoms with E-state index in [2.05, 4.69) is 10.2 Å². The fourth-order valence-electron chi connectivity index (χ4n) is 3.95. The molecule has 5 nitrogen and oxygen atoms in total. The molecule has 3 aliphatic rings. The zero-order valence-corrected chi connectivity index (χ0v) is 12.9. The first kappa shape index (κ1) is 13.9. The third-order valence-corrected chi connectivity index (χ3v) is 5.22. The van der Waals surface area contributed by atoms with E-state index in [4.69, 9.17) is 9.47 Å². The maximum Gasteiger partial charge on any atom is 0.229 e. The first-order valence-electron chi connectivity index (χ1n) is 8.04. The third-order valence-electron chi connectivity index (χ3n) is 5.22. The number of hydrogen-bond donors (Lipinski definition) is 1. The number of methoxy groups -OCH3 is 1. The van der Waals surface area contributed by atoms with Crippen molar-refractivity contribution in [2.45, 2.75) is 6.42 Å². The Bertz CT molecular complexity index is 577. The van der Waals surface area contributed by atoms with Crippen molar-refractivity contribution in [3.63, 3.8) is 0 Å². The molecule has 1 N–H and O–H groups in total. The van der Waals surface area contributed by atoms with Gasteiger partial charge in [-0.15, -0.1) is 0 Å².